The molecule has 1 aromatic carbocycles. The van der Waals surface area contributed by atoms with E-state index in [1.54, 1.807) is 0 Å². The van der Waals surface area contributed by atoms with Crippen molar-refractivity contribution in [2.45, 2.75) is 27.7 Å². The Kier molecular flexibility index (Phi) is 10.7. The molecule has 1 rings (SSSR count). The van der Waals surface area contributed by atoms with Crippen LogP contribution < -0.4 is 0 Å². The average Bonchev–Trinajstić information content (AvgIpc) is 2.24. The number of halogens is 2. The van der Waals surface area contributed by atoms with Crippen LogP contribution in [0.2, 0.25) is 0 Å². The van der Waals surface area contributed by atoms with Gasteiger partial charge >= 0.3 is 0 Å². The van der Waals surface area contributed by atoms with E-state index >= 15 is 0 Å². The van der Waals surface area contributed by atoms with Gasteiger partial charge in [-0.25, -0.2) is 0 Å². The number of hydrogen-bond acceptors (Lipinski definition) is 1. The van der Waals surface area contributed by atoms with E-state index < -0.39 is 0 Å². The summed E-state index contributed by atoms with van der Waals surface area (Å²) in [6.07, 6.45) is 0. The van der Waals surface area contributed by atoms with Crippen LogP contribution in [0.3, 0.4) is 0 Å². The van der Waals surface area contributed by atoms with Gasteiger partial charge in [-0.1, -0.05) is 25.0 Å². The fourth-order valence-corrected chi connectivity index (χ4v) is 1.37. The Labute approximate surface area is 141 Å². The van der Waals surface area contributed by atoms with Crippen molar-refractivity contribution in [3.8, 4) is 5.75 Å². The van der Waals surface area contributed by atoms with Crippen LogP contribution in [0.5, 0.6) is 5.75 Å². The van der Waals surface area contributed by atoms with E-state index in [2.05, 4.69) is 44.2 Å². The van der Waals surface area contributed by atoms with Crippen molar-refractivity contribution in [3.05, 3.63) is 34.7 Å². The Morgan fingerprint density at radius 2 is 1.13 bits per heavy atom. The molecule has 0 aromatic heterocycles. The van der Waals surface area contributed by atoms with Gasteiger partial charge < -0.3 is 5.11 Å². The minimum absolute atomic E-state index is 0. The summed E-state index contributed by atoms with van der Waals surface area (Å²) < 4.78 is 0. The third-order valence-corrected chi connectivity index (χ3v) is 2.74. The summed E-state index contributed by atoms with van der Waals surface area (Å²) in [4.78, 5) is 0. The van der Waals surface area contributed by atoms with Gasteiger partial charge in [-0.2, -0.15) is 12.5 Å². The van der Waals surface area contributed by atoms with Gasteiger partial charge in [0.15, 0.2) is 0 Å². The van der Waals surface area contributed by atoms with Crippen molar-refractivity contribution < 1.29 is 37.8 Å². The maximum atomic E-state index is 9.66. The summed E-state index contributed by atoms with van der Waals surface area (Å²) in [5.74, 6) is 0.414. The summed E-state index contributed by atoms with van der Waals surface area (Å²) >= 11 is 4.24. The van der Waals surface area contributed by atoms with Crippen molar-refractivity contribution in [3.63, 3.8) is 0 Å². The number of phenols is 1. The molecule has 0 atom stereocenters. The third kappa shape index (κ3) is 4.32. The standard InChI is InChI=1S/C11H15O.I2.Y/c1-6-7(2)9(4)11(12)10(5)8(6)3;1-2;/h12H,1H2,2-5H3;;/q-1;;. The smallest absolute Gasteiger partial charge is 0.0973 e. The van der Waals surface area contributed by atoms with E-state index in [-0.39, 0.29) is 32.7 Å². The Hall–Kier alpha value is 1.45. The van der Waals surface area contributed by atoms with Gasteiger partial charge in [0.1, 0.15) is 0 Å². The van der Waals surface area contributed by atoms with Gasteiger partial charge in [0.05, 0.1) is 5.75 Å². The van der Waals surface area contributed by atoms with E-state index in [1.165, 1.54) is 0 Å². The predicted molar refractivity (Wildman–Crippen MR) is 79.6 cm³/mol. The zero-order chi connectivity index (χ0) is 11.5. The molecule has 0 saturated carbocycles. The topological polar surface area (TPSA) is 20.2 Å². The van der Waals surface area contributed by atoms with Crippen LogP contribution in [-0.2, 0) is 32.7 Å². The van der Waals surface area contributed by atoms with Gasteiger partial charge in [0.25, 0.3) is 0 Å². The number of phenolic OH excluding ortho intramolecular Hbond substituents is 1. The van der Waals surface area contributed by atoms with Gasteiger partial charge in [0, 0.05) is 69.9 Å². The van der Waals surface area contributed by atoms with Crippen molar-refractivity contribution in [1.82, 2.24) is 0 Å². The molecule has 0 bridgehead atoms. The molecule has 1 radical (unpaired) electrons. The molecule has 0 fully saturated rings. The van der Waals surface area contributed by atoms with Crippen molar-refractivity contribution in [2.24, 2.45) is 0 Å². The van der Waals surface area contributed by atoms with Crippen LogP contribution in [0.15, 0.2) is 0 Å². The van der Waals surface area contributed by atoms with E-state index in [0.29, 0.717) is 5.75 Å². The first-order chi connectivity index (χ1) is 6.46. The SMILES string of the molecule is II.[CH2-]c1c(C)c(C)c(O)c(C)c1C.[Y]. The normalized spacial score (nSPS) is 8.67. The molecule has 1 nitrogen and oxygen atoms in total. The molecule has 1 aromatic rings. The largest absolute Gasteiger partial charge is 0.510 e. The zero-order valence-corrected chi connectivity index (χ0v) is 16.6. The van der Waals surface area contributed by atoms with Gasteiger partial charge in [-0.05, 0) is 13.8 Å². The molecule has 15 heavy (non-hydrogen) atoms. The minimum atomic E-state index is 0. The van der Waals surface area contributed by atoms with E-state index in [0.717, 1.165) is 27.8 Å². The molecule has 0 unspecified atom stereocenters. The van der Waals surface area contributed by atoms with Crippen LogP contribution in [0.25, 0.3) is 0 Å². The molecule has 0 aliphatic rings. The van der Waals surface area contributed by atoms with E-state index in [4.69, 9.17) is 0 Å². The first kappa shape index (κ1) is 18.8. The molecule has 0 heterocycles. The molecule has 83 valence electrons. The zero-order valence-electron chi connectivity index (χ0n) is 9.49. The second-order valence-corrected chi connectivity index (χ2v) is 3.33. The molecular formula is C11H15I2OY-. The average molecular weight is 506 g/mol. The van der Waals surface area contributed by atoms with Crippen LogP contribution in [0.4, 0.5) is 0 Å². The van der Waals surface area contributed by atoms with Crippen molar-refractivity contribution in [1.29, 1.82) is 0 Å². The second-order valence-electron chi connectivity index (χ2n) is 3.33. The fourth-order valence-electron chi connectivity index (χ4n) is 1.37. The van der Waals surface area contributed by atoms with Crippen LogP contribution in [0.1, 0.15) is 27.8 Å². The number of aromatic hydroxyl groups is 1. The van der Waals surface area contributed by atoms with Gasteiger partial charge in [0.2, 0.25) is 0 Å². The van der Waals surface area contributed by atoms with Crippen LogP contribution in [-0.4, -0.2) is 5.11 Å². The maximum Gasteiger partial charge on any atom is 0.0973 e. The molecule has 1 N–H and O–H groups in total. The van der Waals surface area contributed by atoms with Crippen LogP contribution >= 0.6 is 37.2 Å². The van der Waals surface area contributed by atoms with E-state index in [9.17, 15) is 5.11 Å². The first-order valence-corrected chi connectivity index (χ1v) is 10.5. The maximum absolute atomic E-state index is 9.66. The molecule has 0 amide bonds. The predicted octanol–water partition coefficient (Wildman–Crippen LogP) is 4.58. The third-order valence-electron chi connectivity index (χ3n) is 2.74. The molecule has 0 saturated heterocycles. The first-order valence-electron chi connectivity index (χ1n) is 4.22. The quantitative estimate of drug-likeness (QED) is 0.404. The van der Waals surface area contributed by atoms with Crippen LogP contribution in [0, 0.1) is 34.6 Å². The number of rotatable bonds is 0. The Morgan fingerprint density at radius 1 is 0.867 bits per heavy atom. The Morgan fingerprint density at radius 3 is 1.40 bits per heavy atom. The van der Waals surface area contributed by atoms with Gasteiger partial charge in [-0.15, -0.1) is 11.1 Å². The summed E-state index contributed by atoms with van der Waals surface area (Å²) in [7, 11) is 0. The summed E-state index contributed by atoms with van der Waals surface area (Å²) in [6, 6.07) is 0. The number of benzene rings is 1. The minimum Gasteiger partial charge on any atom is -0.510 e. The molecule has 0 spiro atoms. The number of hydrogen-bond donors (Lipinski definition) is 1. The second kappa shape index (κ2) is 8.53. The Bertz CT molecular complexity index is 233. The summed E-state index contributed by atoms with van der Waals surface area (Å²) in [5.41, 5.74) is 5.13. The molecule has 4 heteroatoms. The fraction of sp³-hybridized carbons (Fsp3) is 0.364. The summed E-state index contributed by atoms with van der Waals surface area (Å²) in [5, 5.41) is 9.66. The van der Waals surface area contributed by atoms with Crippen molar-refractivity contribution >= 4 is 37.2 Å². The molecule has 0 aliphatic carbocycles. The van der Waals surface area contributed by atoms with Crippen molar-refractivity contribution in [2.75, 3.05) is 0 Å². The monoisotopic (exact) mass is 506 g/mol. The summed E-state index contributed by atoms with van der Waals surface area (Å²) in [6.45, 7) is 11.8. The van der Waals surface area contributed by atoms with E-state index in [1.807, 2.05) is 27.7 Å². The van der Waals surface area contributed by atoms with Gasteiger partial charge in [-0.3, -0.25) is 0 Å². The molecular weight excluding hydrogens is 491 g/mol. The Balaban J connectivity index is 0. The molecule has 0 aliphatic heterocycles.